The van der Waals surface area contributed by atoms with Gasteiger partial charge in [0.2, 0.25) is 0 Å². The van der Waals surface area contributed by atoms with Crippen molar-refractivity contribution >= 4 is 5.97 Å². The summed E-state index contributed by atoms with van der Waals surface area (Å²) in [5, 5.41) is 19.3. The van der Waals surface area contributed by atoms with Crippen LogP contribution in [0.1, 0.15) is 10.5 Å². The van der Waals surface area contributed by atoms with E-state index in [0.717, 1.165) is 0 Å². The third-order valence-electron chi connectivity index (χ3n) is 1.88. The van der Waals surface area contributed by atoms with Crippen LogP contribution in [0.4, 0.5) is 0 Å². The molecule has 0 aromatic carbocycles. The van der Waals surface area contributed by atoms with Crippen molar-refractivity contribution in [1.29, 1.82) is 0 Å². The summed E-state index contributed by atoms with van der Waals surface area (Å²) in [6, 6.07) is 3.23. The van der Waals surface area contributed by atoms with E-state index in [2.05, 4.69) is 15.3 Å². The largest absolute Gasteiger partial charge is 0.477 e. The van der Waals surface area contributed by atoms with Crippen LogP contribution in [-0.4, -0.2) is 31.1 Å². The summed E-state index contributed by atoms with van der Waals surface area (Å²) >= 11 is 0. The van der Waals surface area contributed by atoms with Crippen LogP contribution < -0.4 is 0 Å². The molecule has 0 saturated carbocycles. The summed E-state index contributed by atoms with van der Waals surface area (Å²) in [4.78, 5) is 10.7. The number of H-pyrrole nitrogens is 1. The second-order valence-corrected chi connectivity index (χ2v) is 2.81. The first kappa shape index (κ1) is 8.49. The van der Waals surface area contributed by atoms with Crippen LogP contribution in [0, 0.1) is 0 Å². The lowest BCUT2D eigenvalue weighted by Gasteiger charge is -1.91. The van der Waals surface area contributed by atoms with E-state index in [1.54, 1.807) is 19.3 Å². The van der Waals surface area contributed by atoms with Crippen LogP contribution in [0.5, 0.6) is 0 Å². The number of hydrogen-bond donors (Lipinski definition) is 2. The minimum atomic E-state index is -0.995. The Kier molecular flexibility index (Phi) is 1.81. The van der Waals surface area contributed by atoms with Gasteiger partial charge in [-0.2, -0.15) is 10.2 Å². The van der Waals surface area contributed by atoms with Crippen LogP contribution in [0.15, 0.2) is 18.3 Å². The number of carbonyl (C=O) groups is 1. The Hall–Kier alpha value is -2.11. The average Bonchev–Trinajstić information content (AvgIpc) is 2.70. The maximum Gasteiger partial charge on any atom is 0.354 e. The molecule has 0 aliphatic heterocycles. The van der Waals surface area contributed by atoms with Crippen molar-refractivity contribution in [1.82, 2.24) is 20.0 Å². The molecular weight excluding hydrogens is 184 g/mol. The molecule has 0 radical (unpaired) electrons. The molecule has 0 unspecified atom stereocenters. The van der Waals surface area contributed by atoms with E-state index in [1.165, 1.54) is 10.7 Å². The van der Waals surface area contributed by atoms with Gasteiger partial charge in [0.05, 0.1) is 5.69 Å². The molecule has 0 spiro atoms. The Balaban J connectivity index is 2.48. The predicted molar refractivity (Wildman–Crippen MR) is 47.7 cm³/mol. The van der Waals surface area contributed by atoms with Gasteiger partial charge in [0.25, 0.3) is 0 Å². The van der Waals surface area contributed by atoms with E-state index >= 15 is 0 Å². The number of carboxylic acids is 1. The molecule has 14 heavy (non-hydrogen) atoms. The molecule has 2 aromatic heterocycles. The lowest BCUT2D eigenvalue weighted by atomic mass is 10.3. The van der Waals surface area contributed by atoms with E-state index in [0.29, 0.717) is 11.4 Å². The lowest BCUT2D eigenvalue weighted by molar-refractivity contribution is 0.0685. The predicted octanol–water partition coefficient (Wildman–Crippen LogP) is 0.508. The number of rotatable bonds is 2. The van der Waals surface area contributed by atoms with Crippen molar-refractivity contribution in [3.63, 3.8) is 0 Å². The van der Waals surface area contributed by atoms with Gasteiger partial charge in [0.1, 0.15) is 11.4 Å². The molecule has 0 aliphatic carbocycles. The Labute approximate surface area is 79.2 Å². The summed E-state index contributed by atoms with van der Waals surface area (Å²) in [7, 11) is 1.59. The number of nitrogens with one attached hydrogen (secondary N) is 1. The number of aryl methyl sites for hydroxylation is 1. The quantitative estimate of drug-likeness (QED) is 0.726. The van der Waals surface area contributed by atoms with Gasteiger partial charge in [0, 0.05) is 19.3 Å². The lowest BCUT2D eigenvalue weighted by Crippen LogP contribution is -2.04. The maximum absolute atomic E-state index is 10.7. The first-order valence-electron chi connectivity index (χ1n) is 3.95. The van der Waals surface area contributed by atoms with E-state index < -0.39 is 5.97 Å². The normalized spacial score (nSPS) is 10.4. The molecular formula is C8H8N4O2. The highest BCUT2D eigenvalue weighted by Gasteiger charge is 2.12. The highest BCUT2D eigenvalue weighted by Crippen LogP contribution is 2.15. The van der Waals surface area contributed by atoms with Gasteiger partial charge in [-0.05, 0) is 6.07 Å². The minimum absolute atomic E-state index is 0.148. The third kappa shape index (κ3) is 1.26. The summed E-state index contributed by atoms with van der Waals surface area (Å²) in [5.74, 6) is -0.995. The highest BCUT2D eigenvalue weighted by molar-refractivity contribution is 5.87. The maximum atomic E-state index is 10.7. The third-order valence-corrected chi connectivity index (χ3v) is 1.88. The van der Waals surface area contributed by atoms with Gasteiger partial charge >= 0.3 is 5.97 Å². The molecule has 2 heterocycles. The number of aromatic amines is 1. The van der Waals surface area contributed by atoms with Crippen molar-refractivity contribution in [2.24, 2.45) is 7.05 Å². The summed E-state index contributed by atoms with van der Waals surface area (Å²) in [5.41, 5.74) is 1.42. The zero-order valence-electron chi connectivity index (χ0n) is 7.43. The Morgan fingerprint density at radius 3 is 2.93 bits per heavy atom. The first-order valence-corrected chi connectivity index (χ1v) is 3.95. The molecule has 2 rings (SSSR count). The monoisotopic (exact) mass is 192 g/mol. The Bertz CT molecular complexity index is 458. The van der Waals surface area contributed by atoms with Crippen LogP contribution >= 0.6 is 0 Å². The van der Waals surface area contributed by atoms with Crippen LogP contribution in [-0.2, 0) is 7.05 Å². The zero-order chi connectivity index (χ0) is 10.1. The number of aromatic carboxylic acids is 1. The standard InChI is InChI=1S/C8H8N4O2/c1-12-7(8(13)14)4-6(11-12)5-2-3-9-10-5/h2-4H,1H3,(H,9,10)(H,13,14). The topological polar surface area (TPSA) is 83.8 Å². The van der Waals surface area contributed by atoms with Crippen LogP contribution in [0.25, 0.3) is 11.4 Å². The van der Waals surface area contributed by atoms with Gasteiger partial charge in [0.15, 0.2) is 0 Å². The fourth-order valence-corrected chi connectivity index (χ4v) is 1.20. The molecule has 2 N–H and O–H groups in total. The summed E-state index contributed by atoms with van der Waals surface area (Å²) in [6.45, 7) is 0. The fourth-order valence-electron chi connectivity index (χ4n) is 1.20. The molecule has 2 aromatic rings. The number of aromatic nitrogens is 4. The smallest absolute Gasteiger partial charge is 0.354 e. The number of nitrogens with zero attached hydrogens (tertiary/aromatic N) is 3. The summed E-state index contributed by atoms with van der Waals surface area (Å²) < 4.78 is 1.32. The molecule has 0 fully saturated rings. The molecule has 0 saturated heterocycles. The van der Waals surface area contributed by atoms with Crippen molar-refractivity contribution in [2.75, 3.05) is 0 Å². The van der Waals surface area contributed by atoms with Gasteiger partial charge in [-0.25, -0.2) is 4.79 Å². The number of hydrogen-bond acceptors (Lipinski definition) is 3. The second-order valence-electron chi connectivity index (χ2n) is 2.81. The fraction of sp³-hybridized carbons (Fsp3) is 0.125. The van der Waals surface area contributed by atoms with Gasteiger partial charge in [-0.3, -0.25) is 9.78 Å². The highest BCUT2D eigenvalue weighted by atomic mass is 16.4. The molecule has 6 heteroatoms. The van der Waals surface area contributed by atoms with Crippen molar-refractivity contribution in [2.45, 2.75) is 0 Å². The Morgan fingerprint density at radius 1 is 1.64 bits per heavy atom. The molecule has 0 atom stereocenters. The average molecular weight is 192 g/mol. The Morgan fingerprint density at radius 2 is 2.43 bits per heavy atom. The molecule has 72 valence electrons. The molecule has 0 aliphatic rings. The van der Waals surface area contributed by atoms with Crippen molar-refractivity contribution < 1.29 is 9.90 Å². The van der Waals surface area contributed by atoms with Crippen LogP contribution in [0.2, 0.25) is 0 Å². The van der Waals surface area contributed by atoms with E-state index in [1.807, 2.05) is 0 Å². The van der Waals surface area contributed by atoms with E-state index in [-0.39, 0.29) is 5.69 Å². The molecule has 6 nitrogen and oxygen atoms in total. The number of carboxylic acid groups (broad SMARTS) is 1. The second kappa shape index (κ2) is 2.99. The first-order chi connectivity index (χ1) is 6.68. The molecule has 0 amide bonds. The van der Waals surface area contributed by atoms with Gasteiger partial charge in [-0.1, -0.05) is 0 Å². The van der Waals surface area contributed by atoms with E-state index in [4.69, 9.17) is 5.11 Å². The van der Waals surface area contributed by atoms with Crippen molar-refractivity contribution in [3.8, 4) is 11.4 Å². The molecule has 0 bridgehead atoms. The van der Waals surface area contributed by atoms with Crippen LogP contribution in [0.3, 0.4) is 0 Å². The van der Waals surface area contributed by atoms with Gasteiger partial charge < -0.3 is 5.11 Å². The zero-order valence-corrected chi connectivity index (χ0v) is 7.43. The SMILES string of the molecule is Cn1nc(-c2ccn[nH]2)cc1C(=O)O. The van der Waals surface area contributed by atoms with Gasteiger partial charge in [-0.15, -0.1) is 0 Å². The summed E-state index contributed by atoms with van der Waals surface area (Å²) in [6.07, 6.45) is 1.59. The van der Waals surface area contributed by atoms with Crippen molar-refractivity contribution in [3.05, 3.63) is 24.0 Å². The van der Waals surface area contributed by atoms with E-state index in [9.17, 15) is 4.79 Å². The minimum Gasteiger partial charge on any atom is -0.477 e.